The molecule has 0 bridgehead atoms. The maximum atomic E-state index is 14.4. The monoisotopic (exact) mass is 581 g/mol. The molecule has 2 saturated heterocycles. The molecule has 3 aliphatic rings. The van der Waals surface area contributed by atoms with Crippen LogP contribution in [-0.2, 0) is 12.8 Å². The van der Waals surface area contributed by atoms with Crippen molar-refractivity contribution < 1.29 is 9.18 Å². The lowest BCUT2D eigenvalue weighted by Gasteiger charge is -2.49. The SMILES string of the molecule is CC(C)N(C(=O)c1cc(F)ccc1Nc1cncnc1N1CC2(CCN(C3CCc4cc(C#N)ccc4C3)C2)C1)C(C)C. The number of likely N-dealkylation sites (tertiary alicyclic amines) is 1. The van der Waals surface area contributed by atoms with E-state index >= 15 is 0 Å². The third kappa shape index (κ3) is 5.68. The van der Waals surface area contributed by atoms with E-state index < -0.39 is 5.82 Å². The molecule has 1 atom stereocenters. The number of nitrogens with zero attached hydrogens (tertiary/aromatic N) is 6. The zero-order valence-electron chi connectivity index (χ0n) is 25.5. The third-order valence-electron chi connectivity index (χ3n) is 9.39. The van der Waals surface area contributed by atoms with Crippen molar-refractivity contribution in [1.29, 1.82) is 5.26 Å². The number of halogens is 1. The summed E-state index contributed by atoms with van der Waals surface area (Å²) in [5.74, 6) is 0.135. The van der Waals surface area contributed by atoms with Crippen molar-refractivity contribution in [2.75, 3.05) is 36.4 Å². The number of hydrogen-bond acceptors (Lipinski definition) is 7. The van der Waals surface area contributed by atoms with Gasteiger partial charge in [0.2, 0.25) is 0 Å². The predicted octanol–water partition coefficient (Wildman–Crippen LogP) is 5.56. The number of amides is 1. The summed E-state index contributed by atoms with van der Waals surface area (Å²) in [6.07, 6.45) is 7.65. The highest BCUT2D eigenvalue weighted by molar-refractivity contribution is 6.01. The van der Waals surface area contributed by atoms with Gasteiger partial charge in [0.25, 0.3) is 5.91 Å². The van der Waals surface area contributed by atoms with E-state index in [-0.39, 0.29) is 23.4 Å². The molecule has 224 valence electrons. The summed E-state index contributed by atoms with van der Waals surface area (Å²) in [4.78, 5) is 29.2. The van der Waals surface area contributed by atoms with Gasteiger partial charge < -0.3 is 15.1 Å². The van der Waals surface area contributed by atoms with Crippen LogP contribution >= 0.6 is 0 Å². The number of carbonyl (C=O) groups is 1. The van der Waals surface area contributed by atoms with Gasteiger partial charge in [-0.05, 0) is 101 Å². The average molecular weight is 582 g/mol. The highest BCUT2D eigenvalue weighted by atomic mass is 19.1. The maximum absolute atomic E-state index is 14.4. The first kappa shape index (κ1) is 29.1. The topological polar surface area (TPSA) is 88.4 Å². The molecular formula is C34H40FN7O. The van der Waals surface area contributed by atoms with Crippen LogP contribution in [0.2, 0.25) is 0 Å². The minimum atomic E-state index is -0.449. The minimum Gasteiger partial charge on any atom is -0.353 e. The van der Waals surface area contributed by atoms with Crippen molar-refractivity contribution in [3.8, 4) is 6.07 Å². The number of fused-ring (bicyclic) bond motifs is 1. The number of benzene rings is 2. The molecule has 2 aromatic carbocycles. The smallest absolute Gasteiger partial charge is 0.256 e. The molecule has 9 heteroatoms. The van der Waals surface area contributed by atoms with Gasteiger partial charge in [0.1, 0.15) is 17.8 Å². The third-order valence-corrected chi connectivity index (χ3v) is 9.39. The van der Waals surface area contributed by atoms with Crippen molar-refractivity contribution >= 4 is 23.1 Å². The van der Waals surface area contributed by atoms with Crippen LogP contribution in [0.15, 0.2) is 48.9 Å². The molecule has 1 unspecified atom stereocenters. The number of hydrogen-bond donors (Lipinski definition) is 1. The Morgan fingerprint density at radius 2 is 1.88 bits per heavy atom. The van der Waals surface area contributed by atoms with E-state index in [1.165, 1.54) is 23.3 Å². The van der Waals surface area contributed by atoms with Gasteiger partial charge in [-0.1, -0.05) is 6.07 Å². The highest BCUT2D eigenvalue weighted by Crippen LogP contribution is 2.45. The quantitative estimate of drug-likeness (QED) is 0.391. The summed E-state index contributed by atoms with van der Waals surface area (Å²) in [6.45, 7) is 11.9. The summed E-state index contributed by atoms with van der Waals surface area (Å²) in [5, 5.41) is 12.6. The maximum Gasteiger partial charge on any atom is 0.256 e. The van der Waals surface area contributed by atoms with E-state index in [0.29, 0.717) is 23.0 Å². The number of anilines is 3. The average Bonchev–Trinajstić information content (AvgIpc) is 3.43. The van der Waals surface area contributed by atoms with Crippen molar-refractivity contribution in [1.82, 2.24) is 19.8 Å². The van der Waals surface area contributed by atoms with Crippen LogP contribution in [0, 0.1) is 22.6 Å². The Balaban J connectivity index is 1.14. The van der Waals surface area contributed by atoms with Gasteiger partial charge in [0.05, 0.1) is 29.1 Å². The van der Waals surface area contributed by atoms with Crippen LogP contribution in [0.1, 0.15) is 67.6 Å². The summed E-state index contributed by atoms with van der Waals surface area (Å²) in [5.41, 5.74) is 5.23. The molecular weight excluding hydrogens is 541 g/mol. The largest absolute Gasteiger partial charge is 0.353 e. The number of rotatable bonds is 7. The van der Waals surface area contributed by atoms with E-state index in [1.807, 2.05) is 33.8 Å². The first-order valence-electron chi connectivity index (χ1n) is 15.4. The van der Waals surface area contributed by atoms with Gasteiger partial charge in [0, 0.05) is 43.2 Å². The molecule has 2 fully saturated rings. The molecule has 2 aliphatic heterocycles. The molecule has 1 aromatic heterocycles. The molecule has 1 amide bonds. The zero-order chi connectivity index (χ0) is 30.3. The predicted molar refractivity (Wildman–Crippen MR) is 166 cm³/mol. The highest BCUT2D eigenvalue weighted by Gasteiger charge is 2.49. The van der Waals surface area contributed by atoms with E-state index in [9.17, 15) is 14.4 Å². The Morgan fingerprint density at radius 1 is 1.09 bits per heavy atom. The molecule has 1 spiro atoms. The Labute approximate surface area is 253 Å². The van der Waals surface area contributed by atoms with Gasteiger partial charge in [-0.15, -0.1) is 0 Å². The molecule has 43 heavy (non-hydrogen) atoms. The fourth-order valence-electron chi connectivity index (χ4n) is 7.38. The van der Waals surface area contributed by atoms with Gasteiger partial charge in [0.15, 0.2) is 5.82 Å². The van der Waals surface area contributed by atoms with Crippen molar-refractivity contribution in [2.24, 2.45) is 5.41 Å². The Hall–Kier alpha value is -4.03. The first-order valence-corrected chi connectivity index (χ1v) is 15.4. The number of carbonyl (C=O) groups excluding carboxylic acids is 1. The van der Waals surface area contributed by atoms with E-state index in [1.54, 1.807) is 23.5 Å². The van der Waals surface area contributed by atoms with Gasteiger partial charge in [-0.2, -0.15) is 5.26 Å². The second kappa shape index (κ2) is 11.6. The van der Waals surface area contributed by atoms with Gasteiger partial charge in [-0.25, -0.2) is 14.4 Å². The van der Waals surface area contributed by atoms with Crippen LogP contribution in [0.5, 0.6) is 0 Å². The summed E-state index contributed by atoms with van der Waals surface area (Å²) in [7, 11) is 0. The number of nitrogens with one attached hydrogen (secondary N) is 1. The van der Waals surface area contributed by atoms with Crippen LogP contribution in [0.25, 0.3) is 0 Å². The van der Waals surface area contributed by atoms with Crippen molar-refractivity contribution in [2.45, 2.75) is 71.5 Å². The summed E-state index contributed by atoms with van der Waals surface area (Å²) in [6, 6.07) is 13.2. The second-order valence-electron chi connectivity index (χ2n) is 13.0. The summed E-state index contributed by atoms with van der Waals surface area (Å²) >= 11 is 0. The lowest BCUT2D eigenvalue weighted by molar-refractivity contribution is 0.0644. The molecule has 0 saturated carbocycles. The summed E-state index contributed by atoms with van der Waals surface area (Å²) < 4.78 is 14.4. The van der Waals surface area contributed by atoms with Crippen LogP contribution in [0.3, 0.4) is 0 Å². The number of aromatic nitrogens is 2. The molecule has 6 rings (SSSR count). The van der Waals surface area contributed by atoms with E-state index in [0.717, 1.165) is 63.2 Å². The van der Waals surface area contributed by atoms with Gasteiger partial charge >= 0.3 is 0 Å². The lowest BCUT2D eigenvalue weighted by atomic mass is 9.79. The Morgan fingerprint density at radius 3 is 2.63 bits per heavy atom. The van der Waals surface area contributed by atoms with Gasteiger partial charge in [-0.3, -0.25) is 9.69 Å². The molecule has 1 aliphatic carbocycles. The number of nitriles is 1. The van der Waals surface area contributed by atoms with Crippen LogP contribution in [0.4, 0.5) is 21.6 Å². The van der Waals surface area contributed by atoms with E-state index in [2.05, 4.69) is 43.3 Å². The molecule has 0 radical (unpaired) electrons. The number of aryl methyl sites for hydroxylation is 1. The molecule has 1 N–H and O–H groups in total. The van der Waals surface area contributed by atoms with Crippen molar-refractivity contribution in [3.63, 3.8) is 0 Å². The zero-order valence-corrected chi connectivity index (χ0v) is 25.5. The van der Waals surface area contributed by atoms with E-state index in [4.69, 9.17) is 0 Å². The fraction of sp³-hybridized carbons (Fsp3) is 0.471. The van der Waals surface area contributed by atoms with Crippen LogP contribution in [-0.4, -0.2) is 70.0 Å². The first-order chi connectivity index (χ1) is 20.7. The lowest BCUT2D eigenvalue weighted by Crippen LogP contribution is -2.58. The Bertz CT molecular complexity index is 1550. The van der Waals surface area contributed by atoms with Crippen LogP contribution < -0.4 is 10.2 Å². The fourth-order valence-corrected chi connectivity index (χ4v) is 7.38. The molecule has 8 nitrogen and oxygen atoms in total. The molecule has 3 aromatic rings. The van der Waals surface area contributed by atoms with Crippen molar-refractivity contribution in [3.05, 3.63) is 77.0 Å². The Kier molecular flexibility index (Phi) is 7.82. The normalized spacial score (nSPS) is 19.3. The molecule has 3 heterocycles. The standard InChI is InChI=1S/C34H40FN7O/c1-22(2)42(23(3)4)33(43)29-15-27(35)8-10-30(29)39-31-17-37-21-38-32(31)41-19-34(20-41)11-12-40(18-34)28-9-7-25-13-24(16-36)5-6-26(25)14-28/h5-6,8,10,13,15,17,21-23,28,39H,7,9,11-12,14,18-20H2,1-4H3. The second-order valence-corrected chi connectivity index (χ2v) is 13.0. The minimum absolute atomic E-state index is 0.0257.